The summed E-state index contributed by atoms with van der Waals surface area (Å²) < 4.78 is 5.94. The maximum atomic E-state index is 13.3. The highest BCUT2D eigenvalue weighted by molar-refractivity contribution is 6.00. The highest BCUT2D eigenvalue weighted by atomic mass is 16.5. The Bertz CT molecular complexity index is 846. The molecule has 1 heterocycles. The zero-order valence-electron chi connectivity index (χ0n) is 17.5. The fourth-order valence-corrected chi connectivity index (χ4v) is 5.16. The molecule has 1 aromatic carbocycles. The molecular weight excluding hydrogens is 362 g/mol. The van der Waals surface area contributed by atoms with Crippen LogP contribution in [0, 0.1) is 11.3 Å². The Morgan fingerprint density at radius 3 is 2.48 bits per heavy atom. The second kappa shape index (κ2) is 7.81. The SMILES string of the molecule is C=C1NC2=C(C(=O)CC(C)(C)C2)C(c2ccccc2)C1C(=O)OC1CCCCC1. The Labute approximate surface area is 173 Å². The summed E-state index contributed by atoms with van der Waals surface area (Å²) in [7, 11) is 0. The van der Waals surface area contributed by atoms with Gasteiger partial charge in [0, 0.05) is 29.3 Å². The number of benzene rings is 1. The van der Waals surface area contributed by atoms with E-state index in [1.807, 2.05) is 30.3 Å². The molecule has 3 aliphatic rings. The van der Waals surface area contributed by atoms with E-state index in [0.717, 1.165) is 48.9 Å². The first-order valence-electron chi connectivity index (χ1n) is 10.8. The van der Waals surface area contributed by atoms with Gasteiger partial charge in [-0.2, -0.15) is 0 Å². The maximum absolute atomic E-state index is 13.3. The summed E-state index contributed by atoms with van der Waals surface area (Å²) in [6.07, 6.45) is 6.52. The predicted molar refractivity (Wildman–Crippen MR) is 113 cm³/mol. The van der Waals surface area contributed by atoms with Gasteiger partial charge in [-0.15, -0.1) is 0 Å². The molecule has 4 rings (SSSR count). The minimum Gasteiger partial charge on any atom is -0.462 e. The monoisotopic (exact) mass is 393 g/mol. The lowest BCUT2D eigenvalue weighted by Gasteiger charge is -2.42. The van der Waals surface area contributed by atoms with Gasteiger partial charge in [-0.25, -0.2) is 0 Å². The molecule has 1 aliphatic heterocycles. The first-order valence-corrected chi connectivity index (χ1v) is 10.8. The van der Waals surface area contributed by atoms with Gasteiger partial charge in [-0.05, 0) is 43.1 Å². The van der Waals surface area contributed by atoms with E-state index in [1.165, 1.54) is 6.42 Å². The van der Waals surface area contributed by atoms with Crippen molar-refractivity contribution in [2.75, 3.05) is 0 Å². The smallest absolute Gasteiger partial charge is 0.316 e. The zero-order chi connectivity index (χ0) is 20.6. The van der Waals surface area contributed by atoms with Crippen molar-refractivity contribution in [2.45, 2.75) is 70.8 Å². The molecule has 29 heavy (non-hydrogen) atoms. The lowest BCUT2D eigenvalue weighted by atomic mass is 9.66. The molecule has 2 atom stereocenters. The van der Waals surface area contributed by atoms with E-state index in [2.05, 4.69) is 25.7 Å². The van der Waals surface area contributed by atoms with Crippen LogP contribution in [0.4, 0.5) is 0 Å². The molecule has 1 N–H and O–H groups in total. The molecule has 0 radical (unpaired) electrons. The number of ether oxygens (including phenoxy) is 1. The third kappa shape index (κ3) is 4.03. The zero-order valence-corrected chi connectivity index (χ0v) is 17.5. The van der Waals surface area contributed by atoms with Gasteiger partial charge in [-0.3, -0.25) is 9.59 Å². The van der Waals surface area contributed by atoms with Gasteiger partial charge >= 0.3 is 5.97 Å². The molecule has 4 heteroatoms. The van der Waals surface area contributed by atoms with Crippen LogP contribution in [0.1, 0.15) is 70.3 Å². The molecule has 2 unspecified atom stereocenters. The molecule has 1 saturated carbocycles. The Morgan fingerprint density at radius 2 is 1.79 bits per heavy atom. The maximum Gasteiger partial charge on any atom is 0.316 e. The minimum atomic E-state index is -0.580. The number of hydrogen-bond donors (Lipinski definition) is 1. The van der Waals surface area contributed by atoms with E-state index in [1.54, 1.807) is 0 Å². The predicted octanol–water partition coefficient (Wildman–Crippen LogP) is 5.02. The molecule has 0 spiro atoms. The molecule has 4 nitrogen and oxygen atoms in total. The van der Waals surface area contributed by atoms with Crippen LogP contribution in [0.15, 0.2) is 53.9 Å². The summed E-state index contributed by atoms with van der Waals surface area (Å²) in [6, 6.07) is 9.88. The summed E-state index contributed by atoms with van der Waals surface area (Å²) in [5, 5.41) is 3.34. The number of nitrogens with one attached hydrogen (secondary N) is 1. The molecule has 1 fully saturated rings. The summed E-state index contributed by atoms with van der Waals surface area (Å²) in [5.74, 6) is -1.05. The van der Waals surface area contributed by atoms with Crippen molar-refractivity contribution in [3.8, 4) is 0 Å². The van der Waals surface area contributed by atoms with Gasteiger partial charge in [0.2, 0.25) is 0 Å². The molecule has 0 saturated heterocycles. The molecule has 0 bridgehead atoms. The van der Waals surface area contributed by atoms with Crippen LogP contribution in [0.5, 0.6) is 0 Å². The molecular formula is C25H31NO3. The van der Waals surface area contributed by atoms with Crippen LogP contribution in [-0.4, -0.2) is 17.9 Å². The van der Waals surface area contributed by atoms with Gasteiger partial charge in [0.25, 0.3) is 0 Å². The fourth-order valence-electron chi connectivity index (χ4n) is 5.16. The molecule has 0 amide bonds. The molecule has 2 aliphatic carbocycles. The van der Waals surface area contributed by atoms with Crippen LogP contribution in [0.3, 0.4) is 0 Å². The first-order chi connectivity index (χ1) is 13.9. The third-order valence-electron chi connectivity index (χ3n) is 6.50. The number of ketones is 1. The average molecular weight is 394 g/mol. The van der Waals surface area contributed by atoms with Crippen molar-refractivity contribution < 1.29 is 14.3 Å². The second-order valence-electron chi connectivity index (χ2n) is 9.55. The third-order valence-corrected chi connectivity index (χ3v) is 6.50. The lowest BCUT2D eigenvalue weighted by molar-refractivity contribution is -0.155. The van der Waals surface area contributed by atoms with Crippen LogP contribution in [0.2, 0.25) is 0 Å². The van der Waals surface area contributed by atoms with Crippen molar-refractivity contribution in [1.29, 1.82) is 0 Å². The van der Waals surface area contributed by atoms with Gasteiger partial charge < -0.3 is 10.1 Å². The largest absolute Gasteiger partial charge is 0.462 e. The first kappa shape index (κ1) is 19.9. The Balaban J connectivity index is 1.72. The Hall–Kier alpha value is -2.36. The van der Waals surface area contributed by atoms with Crippen molar-refractivity contribution >= 4 is 11.8 Å². The Morgan fingerprint density at radius 1 is 1.10 bits per heavy atom. The van der Waals surface area contributed by atoms with Crippen LogP contribution in [-0.2, 0) is 14.3 Å². The van der Waals surface area contributed by atoms with E-state index in [4.69, 9.17) is 4.74 Å². The summed E-state index contributed by atoms with van der Waals surface area (Å²) in [5.41, 5.74) is 3.19. The average Bonchev–Trinajstić information content (AvgIpc) is 2.67. The highest BCUT2D eigenvalue weighted by Gasteiger charge is 2.47. The fraction of sp³-hybridized carbons (Fsp3) is 0.520. The number of rotatable bonds is 3. The number of esters is 1. The number of Topliss-reactive ketones (excluding diaryl/α,β-unsaturated/α-hetero) is 1. The van der Waals surface area contributed by atoms with E-state index < -0.39 is 5.92 Å². The topological polar surface area (TPSA) is 55.4 Å². The number of carbonyl (C=O) groups excluding carboxylic acids is 2. The minimum absolute atomic E-state index is 0.0168. The van der Waals surface area contributed by atoms with Crippen molar-refractivity contribution in [3.63, 3.8) is 0 Å². The quantitative estimate of drug-likeness (QED) is 0.733. The van der Waals surface area contributed by atoms with E-state index >= 15 is 0 Å². The van der Waals surface area contributed by atoms with Crippen molar-refractivity contribution in [1.82, 2.24) is 5.32 Å². The van der Waals surface area contributed by atoms with Crippen LogP contribution in [0.25, 0.3) is 0 Å². The normalized spacial score (nSPS) is 27.2. The van der Waals surface area contributed by atoms with Crippen molar-refractivity contribution in [3.05, 3.63) is 59.4 Å². The molecule has 1 aromatic rings. The number of hydrogen-bond acceptors (Lipinski definition) is 4. The Kier molecular flexibility index (Phi) is 5.37. The standard InChI is InChI=1S/C25H31NO3/c1-16-21(24(28)29-18-12-8-5-9-13-18)22(17-10-6-4-7-11-17)23-19(26-16)14-25(2,3)15-20(23)27/h4,6-7,10-11,18,21-22,26H,1,5,8-9,12-15H2,2-3H3. The summed E-state index contributed by atoms with van der Waals surface area (Å²) in [6.45, 7) is 8.41. The molecule has 154 valence electrons. The van der Waals surface area contributed by atoms with Crippen LogP contribution >= 0.6 is 0 Å². The second-order valence-corrected chi connectivity index (χ2v) is 9.55. The van der Waals surface area contributed by atoms with E-state index in [-0.39, 0.29) is 29.2 Å². The van der Waals surface area contributed by atoms with Gasteiger partial charge in [0.1, 0.15) is 12.0 Å². The lowest BCUT2D eigenvalue weighted by Crippen LogP contribution is -2.44. The molecule has 0 aromatic heterocycles. The van der Waals surface area contributed by atoms with Crippen molar-refractivity contribution in [2.24, 2.45) is 11.3 Å². The van der Waals surface area contributed by atoms with Gasteiger partial charge in [0.05, 0.1) is 0 Å². The van der Waals surface area contributed by atoms with E-state index in [0.29, 0.717) is 12.1 Å². The summed E-state index contributed by atoms with van der Waals surface area (Å²) >= 11 is 0. The van der Waals surface area contributed by atoms with Crippen LogP contribution < -0.4 is 5.32 Å². The number of carbonyl (C=O) groups is 2. The van der Waals surface area contributed by atoms with Gasteiger partial charge in [0.15, 0.2) is 5.78 Å². The van der Waals surface area contributed by atoms with Gasteiger partial charge in [-0.1, -0.05) is 57.2 Å². The number of allylic oxidation sites excluding steroid dienone is 2. The summed E-state index contributed by atoms with van der Waals surface area (Å²) in [4.78, 5) is 26.5. The van der Waals surface area contributed by atoms with E-state index in [9.17, 15) is 9.59 Å². The highest BCUT2D eigenvalue weighted by Crippen LogP contribution is 2.48.